The SMILES string of the molecule is CNC(C)(C)CCOC(C)(C)CC(=O)NCCC(C)C. The molecule has 0 heterocycles. The third-order valence-corrected chi connectivity index (χ3v) is 3.53. The highest BCUT2D eigenvalue weighted by Crippen LogP contribution is 2.17. The molecule has 0 atom stereocenters. The molecule has 0 aliphatic heterocycles. The van der Waals surface area contributed by atoms with Gasteiger partial charge in [-0.25, -0.2) is 0 Å². The molecule has 2 N–H and O–H groups in total. The van der Waals surface area contributed by atoms with Gasteiger partial charge in [0.25, 0.3) is 0 Å². The van der Waals surface area contributed by atoms with E-state index >= 15 is 0 Å². The lowest BCUT2D eigenvalue weighted by atomic mass is 10.0. The lowest BCUT2D eigenvalue weighted by molar-refractivity contribution is -0.127. The Morgan fingerprint density at radius 3 is 2.30 bits per heavy atom. The Morgan fingerprint density at radius 2 is 1.80 bits per heavy atom. The summed E-state index contributed by atoms with van der Waals surface area (Å²) in [5.41, 5.74) is -0.346. The maximum absolute atomic E-state index is 11.9. The first-order valence-electron chi connectivity index (χ1n) is 7.67. The molecular formula is C16H34N2O2. The lowest BCUT2D eigenvalue weighted by Crippen LogP contribution is -2.39. The molecule has 0 aliphatic rings. The molecule has 0 bridgehead atoms. The molecule has 0 fully saturated rings. The number of hydrogen-bond acceptors (Lipinski definition) is 3. The Bertz CT molecular complexity index is 286. The highest BCUT2D eigenvalue weighted by Gasteiger charge is 2.24. The van der Waals surface area contributed by atoms with Crippen LogP contribution in [0.3, 0.4) is 0 Å². The van der Waals surface area contributed by atoms with E-state index in [-0.39, 0.29) is 11.4 Å². The summed E-state index contributed by atoms with van der Waals surface area (Å²) in [7, 11) is 1.95. The van der Waals surface area contributed by atoms with Gasteiger partial charge in [0.2, 0.25) is 5.91 Å². The molecule has 0 aliphatic carbocycles. The van der Waals surface area contributed by atoms with Crippen molar-refractivity contribution in [3.8, 4) is 0 Å². The van der Waals surface area contributed by atoms with Crippen molar-refractivity contribution in [2.24, 2.45) is 5.92 Å². The molecular weight excluding hydrogens is 252 g/mol. The molecule has 0 spiro atoms. The Balaban J connectivity index is 3.96. The molecule has 1 amide bonds. The molecule has 0 saturated heterocycles. The van der Waals surface area contributed by atoms with Crippen LogP contribution >= 0.6 is 0 Å². The third-order valence-electron chi connectivity index (χ3n) is 3.53. The lowest BCUT2D eigenvalue weighted by Gasteiger charge is -2.29. The van der Waals surface area contributed by atoms with Crippen molar-refractivity contribution < 1.29 is 9.53 Å². The molecule has 0 saturated carbocycles. The van der Waals surface area contributed by atoms with E-state index < -0.39 is 5.60 Å². The van der Waals surface area contributed by atoms with Gasteiger partial charge >= 0.3 is 0 Å². The number of amides is 1. The highest BCUT2D eigenvalue weighted by atomic mass is 16.5. The van der Waals surface area contributed by atoms with Gasteiger partial charge in [0.15, 0.2) is 0 Å². The summed E-state index contributed by atoms with van der Waals surface area (Å²) in [6, 6.07) is 0. The number of hydrogen-bond donors (Lipinski definition) is 2. The predicted molar refractivity (Wildman–Crippen MR) is 84.9 cm³/mol. The van der Waals surface area contributed by atoms with Crippen molar-refractivity contribution in [3.63, 3.8) is 0 Å². The van der Waals surface area contributed by atoms with E-state index in [2.05, 4.69) is 38.3 Å². The van der Waals surface area contributed by atoms with Gasteiger partial charge in [-0.05, 0) is 53.5 Å². The van der Waals surface area contributed by atoms with Crippen molar-refractivity contribution in [2.75, 3.05) is 20.2 Å². The minimum Gasteiger partial charge on any atom is -0.375 e. The Morgan fingerprint density at radius 1 is 1.20 bits per heavy atom. The van der Waals surface area contributed by atoms with Crippen LogP contribution in [0.4, 0.5) is 0 Å². The van der Waals surface area contributed by atoms with Crippen LogP contribution in [-0.4, -0.2) is 37.2 Å². The summed E-state index contributed by atoms with van der Waals surface area (Å²) < 4.78 is 5.86. The average molecular weight is 286 g/mol. The van der Waals surface area contributed by atoms with Gasteiger partial charge in [0.1, 0.15) is 0 Å². The fraction of sp³-hybridized carbons (Fsp3) is 0.938. The summed E-state index contributed by atoms with van der Waals surface area (Å²) in [6.07, 6.45) is 2.34. The smallest absolute Gasteiger partial charge is 0.222 e. The minimum absolute atomic E-state index is 0.0651. The minimum atomic E-state index is -0.411. The zero-order valence-electron chi connectivity index (χ0n) is 14.4. The van der Waals surface area contributed by atoms with Crippen LogP contribution in [0.15, 0.2) is 0 Å². The average Bonchev–Trinajstić information content (AvgIpc) is 2.27. The van der Waals surface area contributed by atoms with E-state index in [1.165, 1.54) is 0 Å². The number of ether oxygens (including phenoxy) is 1. The van der Waals surface area contributed by atoms with Crippen molar-refractivity contribution in [3.05, 3.63) is 0 Å². The van der Waals surface area contributed by atoms with Crippen LogP contribution in [0.1, 0.15) is 60.8 Å². The van der Waals surface area contributed by atoms with Crippen LogP contribution < -0.4 is 10.6 Å². The van der Waals surface area contributed by atoms with Gasteiger partial charge in [-0.2, -0.15) is 0 Å². The molecule has 0 unspecified atom stereocenters. The van der Waals surface area contributed by atoms with Gasteiger partial charge in [0.05, 0.1) is 12.0 Å². The van der Waals surface area contributed by atoms with Crippen LogP contribution in [0, 0.1) is 5.92 Å². The van der Waals surface area contributed by atoms with E-state index in [9.17, 15) is 4.79 Å². The van der Waals surface area contributed by atoms with Crippen LogP contribution in [0.2, 0.25) is 0 Å². The summed E-state index contributed by atoms with van der Waals surface area (Å²) in [4.78, 5) is 11.9. The van der Waals surface area contributed by atoms with E-state index in [0.29, 0.717) is 18.9 Å². The summed E-state index contributed by atoms with van der Waals surface area (Å²) in [5, 5.41) is 6.20. The summed E-state index contributed by atoms with van der Waals surface area (Å²) >= 11 is 0. The highest BCUT2D eigenvalue weighted by molar-refractivity contribution is 5.76. The second-order valence-electron chi connectivity index (χ2n) is 7.20. The van der Waals surface area contributed by atoms with E-state index in [4.69, 9.17) is 4.74 Å². The molecule has 0 aromatic heterocycles. The fourth-order valence-corrected chi connectivity index (χ4v) is 1.71. The Kier molecular flexibility index (Phi) is 8.36. The number of rotatable bonds is 10. The van der Waals surface area contributed by atoms with Gasteiger partial charge in [0, 0.05) is 18.7 Å². The molecule has 4 nitrogen and oxygen atoms in total. The first kappa shape index (κ1) is 19.4. The second kappa shape index (κ2) is 8.63. The van der Waals surface area contributed by atoms with Crippen molar-refractivity contribution >= 4 is 5.91 Å². The normalized spacial score (nSPS) is 12.8. The standard InChI is InChI=1S/C16H34N2O2/c1-13(2)8-10-18-14(19)12-16(5,6)20-11-9-15(3,4)17-7/h13,17H,8-12H2,1-7H3,(H,18,19). The molecule has 0 aromatic carbocycles. The zero-order chi connectivity index (χ0) is 15.8. The first-order valence-corrected chi connectivity index (χ1v) is 7.67. The quantitative estimate of drug-likeness (QED) is 0.649. The van der Waals surface area contributed by atoms with Gasteiger partial charge < -0.3 is 15.4 Å². The predicted octanol–water partition coefficient (Wildman–Crippen LogP) is 2.72. The Labute approximate surface area is 125 Å². The van der Waals surface area contributed by atoms with Gasteiger partial charge in [-0.1, -0.05) is 13.8 Å². The van der Waals surface area contributed by atoms with E-state index in [1.807, 2.05) is 20.9 Å². The van der Waals surface area contributed by atoms with E-state index in [0.717, 1.165) is 19.4 Å². The maximum atomic E-state index is 11.9. The third kappa shape index (κ3) is 10.2. The fourth-order valence-electron chi connectivity index (χ4n) is 1.71. The van der Waals surface area contributed by atoms with Crippen molar-refractivity contribution in [1.82, 2.24) is 10.6 Å². The first-order chi connectivity index (χ1) is 9.08. The summed E-state index contributed by atoms with van der Waals surface area (Å²) in [6.45, 7) is 13.9. The summed E-state index contributed by atoms with van der Waals surface area (Å²) in [5.74, 6) is 0.687. The topological polar surface area (TPSA) is 50.4 Å². The van der Waals surface area contributed by atoms with Crippen molar-refractivity contribution in [1.29, 1.82) is 0 Å². The number of carbonyl (C=O) groups is 1. The molecule has 20 heavy (non-hydrogen) atoms. The monoisotopic (exact) mass is 286 g/mol. The van der Waals surface area contributed by atoms with Crippen molar-refractivity contribution in [2.45, 2.75) is 71.9 Å². The van der Waals surface area contributed by atoms with Crippen LogP contribution in [-0.2, 0) is 9.53 Å². The zero-order valence-corrected chi connectivity index (χ0v) is 14.4. The van der Waals surface area contributed by atoms with Crippen LogP contribution in [0.25, 0.3) is 0 Å². The van der Waals surface area contributed by atoms with Gasteiger partial charge in [-0.3, -0.25) is 4.79 Å². The molecule has 0 radical (unpaired) electrons. The molecule has 120 valence electrons. The Hall–Kier alpha value is -0.610. The van der Waals surface area contributed by atoms with Gasteiger partial charge in [-0.15, -0.1) is 0 Å². The second-order valence-corrected chi connectivity index (χ2v) is 7.20. The largest absolute Gasteiger partial charge is 0.375 e. The molecule has 0 aromatic rings. The molecule has 0 rings (SSSR count). The molecule has 4 heteroatoms. The number of nitrogens with one attached hydrogen (secondary N) is 2. The van der Waals surface area contributed by atoms with Crippen LogP contribution in [0.5, 0.6) is 0 Å². The number of carbonyl (C=O) groups excluding carboxylic acids is 1. The van der Waals surface area contributed by atoms with E-state index in [1.54, 1.807) is 0 Å². The maximum Gasteiger partial charge on any atom is 0.222 e.